The lowest BCUT2D eigenvalue weighted by Gasteiger charge is -2.26. The van der Waals surface area contributed by atoms with Crippen molar-refractivity contribution in [2.24, 2.45) is 5.92 Å². The zero-order chi connectivity index (χ0) is 15.8. The molecule has 2 atom stereocenters. The molecule has 1 aliphatic carbocycles. The first-order valence-corrected chi connectivity index (χ1v) is 8.55. The zero-order valence-corrected chi connectivity index (χ0v) is 12.9. The number of benzene rings is 1. The molecule has 0 aromatic heterocycles. The smallest absolute Gasteiger partial charge is 0.338 e. The fourth-order valence-corrected chi connectivity index (χ4v) is 4.98. The summed E-state index contributed by atoms with van der Waals surface area (Å²) in [4.78, 5) is 11.0. The maximum Gasteiger partial charge on any atom is 0.338 e. The predicted molar refractivity (Wildman–Crippen MR) is 76.7 cm³/mol. The minimum atomic E-state index is -3.62. The van der Waals surface area contributed by atoms with Crippen molar-refractivity contribution in [3.8, 4) is 0 Å². The third-order valence-electron chi connectivity index (χ3n) is 4.11. The van der Waals surface area contributed by atoms with E-state index >= 15 is 0 Å². The molecule has 0 aliphatic heterocycles. The van der Waals surface area contributed by atoms with E-state index < -0.39 is 32.4 Å². The highest BCUT2D eigenvalue weighted by molar-refractivity contribution is 7.92. The predicted octanol–water partition coefficient (Wildman–Crippen LogP) is 3.18. The van der Waals surface area contributed by atoms with Crippen LogP contribution in [-0.2, 0) is 9.84 Å². The number of sulfone groups is 1. The summed E-state index contributed by atoms with van der Waals surface area (Å²) in [7, 11) is -3.62. The number of aryl methyl sites for hydroxylation is 1. The number of halogens is 1. The Morgan fingerprint density at radius 1 is 1.33 bits per heavy atom. The number of carboxylic acids is 1. The van der Waals surface area contributed by atoms with Gasteiger partial charge in [0.1, 0.15) is 5.82 Å². The van der Waals surface area contributed by atoms with Gasteiger partial charge in [0.25, 0.3) is 0 Å². The highest BCUT2D eigenvalue weighted by Crippen LogP contribution is 2.33. The summed E-state index contributed by atoms with van der Waals surface area (Å²) < 4.78 is 39.1. The lowest BCUT2D eigenvalue weighted by molar-refractivity contribution is 0.0691. The number of aromatic carboxylic acids is 1. The molecule has 1 saturated carbocycles. The van der Waals surface area contributed by atoms with E-state index in [0.717, 1.165) is 18.9 Å². The average Bonchev–Trinajstić information content (AvgIpc) is 2.41. The summed E-state index contributed by atoms with van der Waals surface area (Å²) in [6.45, 7) is 3.39. The molecular formula is C15H19FO4S. The van der Waals surface area contributed by atoms with Crippen molar-refractivity contribution in [1.82, 2.24) is 0 Å². The van der Waals surface area contributed by atoms with Crippen LogP contribution in [0.5, 0.6) is 0 Å². The first-order valence-electron chi connectivity index (χ1n) is 7.00. The van der Waals surface area contributed by atoms with Crippen LogP contribution in [0.15, 0.2) is 17.0 Å². The van der Waals surface area contributed by atoms with Gasteiger partial charge >= 0.3 is 5.97 Å². The normalized spacial score (nSPS) is 23.0. The minimum Gasteiger partial charge on any atom is -0.478 e. The Hall–Kier alpha value is -1.43. The van der Waals surface area contributed by atoms with E-state index in [1.165, 1.54) is 13.0 Å². The van der Waals surface area contributed by atoms with Crippen LogP contribution in [0.3, 0.4) is 0 Å². The van der Waals surface area contributed by atoms with Crippen LogP contribution < -0.4 is 0 Å². The average molecular weight is 314 g/mol. The molecule has 6 heteroatoms. The summed E-state index contributed by atoms with van der Waals surface area (Å²) in [5, 5.41) is 8.49. The summed E-state index contributed by atoms with van der Waals surface area (Å²) in [6.07, 6.45) is 3.00. The van der Waals surface area contributed by atoms with E-state index in [1.54, 1.807) is 0 Å². The second-order valence-corrected chi connectivity index (χ2v) is 8.07. The van der Waals surface area contributed by atoms with Crippen molar-refractivity contribution >= 4 is 15.8 Å². The van der Waals surface area contributed by atoms with E-state index in [4.69, 9.17) is 5.11 Å². The number of hydrogen-bond acceptors (Lipinski definition) is 3. The number of rotatable bonds is 3. The van der Waals surface area contributed by atoms with E-state index in [-0.39, 0.29) is 10.5 Å². The number of carbonyl (C=O) groups is 1. The summed E-state index contributed by atoms with van der Waals surface area (Å²) in [5.41, 5.74) is -0.547. The quantitative estimate of drug-likeness (QED) is 0.870. The van der Waals surface area contributed by atoms with Crippen LogP contribution in [0.2, 0.25) is 0 Å². The molecule has 1 aromatic rings. The molecule has 2 unspecified atom stereocenters. The summed E-state index contributed by atoms with van der Waals surface area (Å²) in [6, 6.07) is 2.18. The van der Waals surface area contributed by atoms with E-state index in [9.17, 15) is 17.6 Å². The SMILES string of the molecule is Cc1cc(S(=O)(=O)C2CCCC(C)C2)cc(C(=O)O)c1F. The molecule has 1 fully saturated rings. The third-order valence-corrected chi connectivity index (χ3v) is 6.31. The molecule has 21 heavy (non-hydrogen) atoms. The van der Waals surface area contributed by atoms with Gasteiger partial charge in [-0.3, -0.25) is 0 Å². The van der Waals surface area contributed by atoms with E-state index in [0.29, 0.717) is 18.8 Å². The molecule has 1 aliphatic rings. The van der Waals surface area contributed by atoms with Crippen molar-refractivity contribution < 1.29 is 22.7 Å². The monoisotopic (exact) mass is 314 g/mol. The molecular weight excluding hydrogens is 295 g/mol. The van der Waals surface area contributed by atoms with Gasteiger partial charge in [0, 0.05) is 0 Å². The lowest BCUT2D eigenvalue weighted by Crippen LogP contribution is -2.27. The Morgan fingerprint density at radius 3 is 2.57 bits per heavy atom. The van der Waals surface area contributed by atoms with Gasteiger partial charge in [0.15, 0.2) is 9.84 Å². The number of carboxylic acid groups (broad SMARTS) is 1. The third kappa shape index (κ3) is 3.10. The van der Waals surface area contributed by atoms with Crippen molar-refractivity contribution in [3.05, 3.63) is 29.1 Å². The van der Waals surface area contributed by atoms with Gasteiger partial charge < -0.3 is 5.11 Å². The maximum absolute atomic E-state index is 13.7. The van der Waals surface area contributed by atoms with Crippen molar-refractivity contribution in [3.63, 3.8) is 0 Å². The molecule has 0 heterocycles. The maximum atomic E-state index is 13.7. The minimum absolute atomic E-state index is 0.0392. The Labute approximate surface area is 123 Å². The largest absolute Gasteiger partial charge is 0.478 e. The Kier molecular flexibility index (Phi) is 4.37. The molecule has 0 radical (unpaired) electrons. The fraction of sp³-hybridized carbons (Fsp3) is 0.533. The Balaban J connectivity index is 2.47. The van der Waals surface area contributed by atoms with Crippen LogP contribution in [-0.4, -0.2) is 24.7 Å². The van der Waals surface area contributed by atoms with Gasteiger partial charge in [0.05, 0.1) is 15.7 Å². The van der Waals surface area contributed by atoms with Crippen LogP contribution in [0, 0.1) is 18.7 Å². The van der Waals surface area contributed by atoms with Gasteiger partial charge in [-0.1, -0.05) is 19.8 Å². The standard InChI is InChI=1S/C15H19FO4S/c1-9-4-3-5-11(6-9)21(19,20)12-7-10(2)14(16)13(8-12)15(17)18/h7-9,11H,3-6H2,1-2H3,(H,17,18). The summed E-state index contributed by atoms with van der Waals surface area (Å²) in [5.74, 6) is -2.00. The molecule has 0 bridgehead atoms. The topological polar surface area (TPSA) is 71.4 Å². The van der Waals surface area contributed by atoms with Crippen molar-refractivity contribution in [1.29, 1.82) is 0 Å². The molecule has 2 rings (SSSR count). The first kappa shape index (κ1) is 15.9. The molecule has 116 valence electrons. The number of hydrogen-bond donors (Lipinski definition) is 1. The molecule has 0 saturated heterocycles. The van der Waals surface area contributed by atoms with E-state index in [1.807, 2.05) is 6.92 Å². The Morgan fingerprint density at radius 2 is 2.00 bits per heavy atom. The van der Waals surface area contributed by atoms with Crippen molar-refractivity contribution in [2.45, 2.75) is 49.7 Å². The Bertz CT molecular complexity index is 666. The van der Waals surface area contributed by atoms with Gasteiger partial charge in [-0.2, -0.15) is 0 Å². The molecule has 1 N–H and O–H groups in total. The first-order chi connectivity index (χ1) is 9.73. The molecule has 4 nitrogen and oxygen atoms in total. The van der Waals surface area contributed by atoms with Gasteiger partial charge in [-0.05, 0) is 43.4 Å². The molecule has 1 aromatic carbocycles. The van der Waals surface area contributed by atoms with Crippen LogP contribution >= 0.6 is 0 Å². The van der Waals surface area contributed by atoms with E-state index in [2.05, 4.69) is 0 Å². The van der Waals surface area contributed by atoms with Crippen LogP contribution in [0.4, 0.5) is 4.39 Å². The lowest BCUT2D eigenvalue weighted by atomic mass is 9.91. The summed E-state index contributed by atoms with van der Waals surface area (Å²) >= 11 is 0. The highest BCUT2D eigenvalue weighted by Gasteiger charge is 2.32. The van der Waals surface area contributed by atoms with Gasteiger partial charge in [-0.25, -0.2) is 17.6 Å². The molecule has 0 amide bonds. The van der Waals surface area contributed by atoms with Gasteiger partial charge in [0.2, 0.25) is 0 Å². The second-order valence-electron chi connectivity index (χ2n) is 5.85. The highest BCUT2D eigenvalue weighted by atomic mass is 32.2. The zero-order valence-electron chi connectivity index (χ0n) is 12.1. The van der Waals surface area contributed by atoms with Crippen LogP contribution in [0.1, 0.15) is 48.5 Å². The van der Waals surface area contributed by atoms with Gasteiger partial charge in [-0.15, -0.1) is 0 Å². The fourth-order valence-electron chi connectivity index (χ4n) is 2.91. The van der Waals surface area contributed by atoms with Crippen molar-refractivity contribution in [2.75, 3.05) is 0 Å². The second kappa shape index (κ2) is 5.75. The molecule has 0 spiro atoms. The van der Waals surface area contributed by atoms with Crippen LogP contribution in [0.25, 0.3) is 0 Å².